The lowest BCUT2D eigenvalue weighted by molar-refractivity contribution is -0.144. The van der Waals surface area contributed by atoms with Crippen molar-refractivity contribution in [3.8, 4) is 0 Å². The number of carbonyl (C=O) groups is 3. The molecular formula is C34H47N5O7. The van der Waals surface area contributed by atoms with Gasteiger partial charge in [0.15, 0.2) is 12.0 Å². The summed E-state index contributed by atoms with van der Waals surface area (Å²) in [7, 11) is 2.99. The third-order valence-electron chi connectivity index (χ3n) is 8.36. The molecule has 2 heterocycles. The van der Waals surface area contributed by atoms with Crippen LogP contribution in [-0.4, -0.2) is 79.4 Å². The van der Waals surface area contributed by atoms with Gasteiger partial charge in [-0.2, -0.15) is 0 Å². The van der Waals surface area contributed by atoms with E-state index in [9.17, 15) is 19.5 Å². The van der Waals surface area contributed by atoms with Crippen LogP contribution in [0.1, 0.15) is 61.3 Å². The average Bonchev–Trinajstić information content (AvgIpc) is 3.48. The van der Waals surface area contributed by atoms with E-state index in [1.807, 2.05) is 56.3 Å². The Balaban J connectivity index is 1.57. The maximum absolute atomic E-state index is 14.0. The summed E-state index contributed by atoms with van der Waals surface area (Å²) in [4.78, 5) is 41.0. The molecule has 4 rings (SSSR count). The minimum atomic E-state index is -1.03. The molecule has 1 aliphatic rings. The number of amides is 3. The second-order valence-electron chi connectivity index (χ2n) is 12.4. The van der Waals surface area contributed by atoms with Gasteiger partial charge in [0, 0.05) is 32.6 Å². The van der Waals surface area contributed by atoms with E-state index in [0.717, 1.165) is 35.7 Å². The normalized spacial score (nSPS) is 18.7. The number of methoxy groups -OCH3 is 2. The molecule has 0 bridgehead atoms. The van der Waals surface area contributed by atoms with Crippen LogP contribution in [0.3, 0.4) is 0 Å². The number of aromatic nitrogens is 1. The summed E-state index contributed by atoms with van der Waals surface area (Å²) in [6.07, 6.45) is 1.14. The van der Waals surface area contributed by atoms with Crippen molar-refractivity contribution >= 4 is 28.5 Å². The lowest BCUT2D eigenvalue weighted by atomic mass is 9.90. The van der Waals surface area contributed by atoms with Crippen molar-refractivity contribution in [1.29, 1.82) is 0 Å². The van der Waals surface area contributed by atoms with Crippen LogP contribution in [0.2, 0.25) is 0 Å². The van der Waals surface area contributed by atoms with Crippen LogP contribution in [0.5, 0.6) is 0 Å². The minimum absolute atomic E-state index is 0.0529. The molecule has 3 amide bonds. The molecule has 1 aliphatic heterocycles. The largest absolute Gasteiger partial charge is 0.378 e. The number of carbonyl (C=O) groups excluding carboxylic acids is 3. The zero-order chi connectivity index (χ0) is 33.2. The van der Waals surface area contributed by atoms with Gasteiger partial charge in [0.2, 0.25) is 11.8 Å². The van der Waals surface area contributed by atoms with Crippen LogP contribution in [0.25, 0.3) is 10.8 Å². The van der Waals surface area contributed by atoms with E-state index in [1.54, 1.807) is 6.92 Å². The maximum Gasteiger partial charge on any atom is 0.274 e. The highest BCUT2D eigenvalue weighted by molar-refractivity contribution is 5.97. The lowest BCUT2D eigenvalue weighted by Gasteiger charge is -2.35. The zero-order valence-corrected chi connectivity index (χ0v) is 27.2. The summed E-state index contributed by atoms with van der Waals surface area (Å²) in [6.45, 7) is 6.32. The summed E-state index contributed by atoms with van der Waals surface area (Å²) >= 11 is 0. The summed E-state index contributed by atoms with van der Waals surface area (Å²) in [6, 6.07) is 12.6. The number of aryl methyl sites for hydroxylation is 1. The molecule has 0 saturated carbocycles. The van der Waals surface area contributed by atoms with Crippen LogP contribution >= 0.6 is 0 Å². The van der Waals surface area contributed by atoms with Crippen LogP contribution in [-0.2, 0) is 25.5 Å². The van der Waals surface area contributed by atoms with Crippen molar-refractivity contribution in [1.82, 2.24) is 26.4 Å². The number of nitrogens with zero attached hydrogens (tertiary/aromatic N) is 1. The highest BCUT2D eigenvalue weighted by Gasteiger charge is 2.34. The lowest BCUT2D eigenvalue weighted by Crippen LogP contribution is -2.58. The van der Waals surface area contributed by atoms with E-state index in [0.29, 0.717) is 18.6 Å². The summed E-state index contributed by atoms with van der Waals surface area (Å²) < 4.78 is 16.1. The third kappa shape index (κ3) is 9.35. The van der Waals surface area contributed by atoms with Gasteiger partial charge in [0.05, 0.1) is 6.04 Å². The molecule has 46 heavy (non-hydrogen) atoms. The van der Waals surface area contributed by atoms with Crippen molar-refractivity contribution in [2.24, 2.45) is 11.8 Å². The Morgan fingerprint density at radius 2 is 1.74 bits per heavy atom. The Bertz CT molecular complexity index is 1450. The first-order chi connectivity index (χ1) is 22.1. The number of benzene rings is 2. The fraction of sp³-hybridized carbons (Fsp3) is 0.529. The SMILES string of the molecule is COC(OC)[C@H](C[C@@H]1CCCNC1O)NC(=O)[C@H](CC(C)C)NC(=O)[C@H](Cc1cccc2ccccc12)NC(=O)c1cc(C)on1. The number of rotatable bonds is 15. The summed E-state index contributed by atoms with van der Waals surface area (Å²) in [5.74, 6) is -1.09. The fourth-order valence-electron chi connectivity index (χ4n) is 6.04. The van der Waals surface area contributed by atoms with Gasteiger partial charge in [-0.25, -0.2) is 0 Å². The van der Waals surface area contributed by atoms with Crippen molar-refractivity contribution in [2.75, 3.05) is 20.8 Å². The molecule has 1 saturated heterocycles. The quantitative estimate of drug-likeness (QED) is 0.158. The van der Waals surface area contributed by atoms with Crippen molar-refractivity contribution in [3.63, 3.8) is 0 Å². The Kier molecular flexibility index (Phi) is 12.7. The Labute approximate surface area is 269 Å². The number of hydrogen-bond donors (Lipinski definition) is 5. The Morgan fingerprint density at radius 3 is 2.41 bits per heavy atom. The van der Waals surface area contributed by atoms with Gasteiger partial charge >= 0.3 is 0 Å². The van der Waals surface area contributed by atoms with Gasteiger partial charge in [-0.15, -0.1) is 0 Å². The van der Waals surface area contributed by atoms with Crippen LogP contribution in [0.4, 0.5) is 0 Å². The molecule has 1 unspecified atom stereocenters. The van der Waals surface area contributed by atoms with E-state index in [4.69, 9.17) is 14.0 Å². The number of nitrogens with one attached hydrogen (secondary N) is 4. The molecule has 5 atom stereocenters. The molecule has 0 radical (unpaired) electrons. The zero-order valence-electron chi connectivity index (χ0n) is 27.2. The first-order valence-corrected chi connectivity index (χ1v) is 15.9. The number of hydrogen-bond acceptors (Lipinski definition) is 9. The number of aliphatic hydroxyl groups excluding tert-OH is 1. The highest BCUT2D eigenvalue weighted by Crippen LogP contribution is 2.23. The fourth-order valence-corrected chi connectivity index (χ4v) is 6.04. The number of fused-ring (bicyclic) bond motifs is 1. The summed E-state index contributed by atoms with van der Waals surface area (Å²) in [5, 5.41) is 28.1. The molecule has 0 spiro atoms. The standard InChI is InChI=1S/C34H47N5O7/c1-20(2)16-26(31(41)38-29(34(44-4)45-5)19-24-13-9-15-35-30(24)40)36-32(42)27(37-33(43)28-17-21(3)46-39-28)18-23-12-8-11-22-10-6-7-14-25(22)23/h6-8,10-12,14,17,20,24,26-27,29-30,34-35,40H,9,13,15-16,18-19H2,1-5H3,(H,36,42)(H,37,43)(H,38,41)/t24-,26-,27-,29-,30?/m0/s1. The first-order valence-electron chi connectivity index (χ1n) is 15.9. The average molecular weight is 638 g/mol. The molecule has 12 nitrogen and oxygen atoms in total. The van der Waals surface area contributed by atoms with Crippen LogP contribution in [0, 0.1) is 18.8 Å². The molecule has 3 aromatic rings. The Hall–Kier alpha value is -3.84. The second kappa shape index (κ2) is 16.6. The number of ether oxygens (including phenoxy) is 2. The van der Waals surface area contributed by atoms with E-state index in [2.05, 4.69) is 26.4 Å². The van der Waals surface area contributed by atoms with Gasteiger partial charge in [-0.1, -0.05) is 61.5 Å². The molecule has 12 heteroatoms. The number of piperidine rings is 1. The number of aliphatic hydroxyl groups is 1. The first kappa shape index (κ1) is 35.0. The molecule has 250 valence electrons. The van der Waals surface area contributed by atoms with E-state index in [1.165, 1.54) is 20.3 Å². The van der Waals surface area contributed by atoms with Gasteiger partial charge in [0.1, 0.15) is 24.1 Å². The minimum Gasteiger partial charge on any atom is -0.378 e. The molecule has 0 aliphatic carbocycles. The maximum atomic E-state index is 14.0. The highest BCUT2D eigenvalue weighted by atomic mass is 16.7. The van der Waals surface area contributed by atoms with Gasteiger partial charge in [-0.3, -0.25) is 19.7 Å². The van der Waals surface area contributed by atoms with Gasteiger partial charge in [-0.05, 0) is 61.4 Å². The molecule has 1 fully saturated rings. The molecule has 5 N–H and O–H groups in total. The van der Waals surface area contributed by atoms with Crippen molar-refractivity contribution in [2.45, 2.75) is 83.5 Å². The summed E-state index contributed by atoms with van der Waals surface area (Å²) in [5.41, 5.74) is 0.916. The topological polar surface area (TPSA) is 164 Å². The van der Waals surface area contributed by atoms with Crippen molar-refractivity contribution in [3.05, 3.63) is 65.5 Å². The second-order valence-corrected chi connectivity index (χ2v) is 12.4. The Morgan fingerprint density at radius 1 is 1.02 bits per heavy atom. The molecular weight excluding hydrogens is 590 g/mol. The van der Waals surface area contributed by atoms with Gasteiger partial charge in [0.25, 0.3) is 5.91 Å². The smallest absolute Gasteiger partial charge is 0.274 e. The predicted molar refractivity (Wildman–Crippen MR) is 173 cm³/mol. The molecule has 2 aromatic carbocycles. The van der Waals surface area contributed by atoms with Gasteiger partial charge < -0.3 is 35.1 Å². The predicted octanol–water partition coefficient (Wildman–Crippen LogP) is 2.82. The molecule has 1 aromatic heterocycles. The van der Waals surface area contributed by atoms with E-state index in [-0.39, 0.29) is 24.0 Å². The van der Waals surface area contributed by atoms with E-state index >= 15 is 0 Å². The van der Waals surface area contributed by atoms with Crippen LogP contribution < -0.4 is 21.3 Å². The van der Waals surface area contributed by atoms with E-state index < -0.39 is 48.4 Å². The van der Waals surface area contributed by atoms with Crippen molar-refractivity contribution < 1.29 is 33.5 Å². The monoisotopic (exact) mass is 637 g/mol. The van der Waals surface area contributed by atoms with Crippen LogP contribution in [0.15, 0.2) is 53.1 Å². The third-order valence-corrected chi connectivity index (χ3v) is 8.36.